The van der Waals surface area contributed by atoms with E-state index in [0.717, 1.165) is 18.5 Å². The number of aryl methyl sites for hydroxylation is 1. The minimum absolute atomic E-state index is 0.126. The molecule has 1 aromatic heterocycles. The number of hydrogen-bond donors (Lipinski definition) is 3. The van der Waals surface area contributed by atoms with Crippen LogP contribution < -0.4 is 16.0 Å². The Morgan fingerprint density at radius 3 is 2.45 bits per heavy atom. The predicted octanol–water partition coefficient (Wildman–Crippen LogP) is 4.15. The molecule has 0 fully saturated rings. The van der Waals surface area contributed by atoms with Crippen molar-refractivity contribution in [3.8, 4) is 0 Å². The summed E-state index contributed by atoms with van der Waals surface area (Å²) in [6, 6.07) is 21.0. The Hall–Kier alpha value is -3.67. The van der Waals surface area contributed by atoms with Crippen LogP contribution in [-0.2, 0) is 11.2 Å². The minimum atomic E-state index is -0.134. The van der Waals surface area contributed by atoms with Crippen LogP contribution in [0.3, 0.4) is 0 Å². The fraction of sp³-hybridized carbons (Fsp3) is 0.174. The summed E-state index contributed by atoms with van der Waals surface area (Å²) in [7, 11) is 0. The molecule has 6 nitrogen and oxygen atoms in total. The van der Waals surface area contributed by atoms with Gasteiger partial charge in [-0.25, -0.2) is 4.98 Å². The average molecular weight is 388 g/mol. The van der Waals surface area contributed by atoms with E-state index in [4.69, 9.17) is 0 Å². The molecular weight excluding hydrogens is 364 g/mol. The van der Waals surface area contributed by atoms with E-state index in [2.05, 4.69) is 33.1 Å². The Morgan fingerprint density at radius 2 is 1.72 bits per heavy atom. The van der Waals surface area contributed by atoms with Crippen LogP contribution in [0.25, 0.3) is 0 Å². The van der Waals surface area contributed by atoms with Gasteiger partial charge in [0.05, 0.1) is 5.56 Å². The number of nitrogens with zero attached hydrogens (tertiary/aromatic N) is 1. The van der Waals surface area contributed by atoms with Crippen LogP contribution in [0.1, 0.15) is 29.3 Å². The van der Waals surface area contributed by atoms with E-state index in [1.54, 1.807) is 18.3 Å². The number of nitrogens with one attached hydrogen (secondary N) is 3. The van der Waals surface area contributed by atoms with Gasteiger partial charge in [0.1, 0.15) is 5.82 Å². The summed E-state index contributed by atoms with van der Waals surface area (Å²) in [5.74, 6) is 0.356. The molecule has 3 N–H and O–H groups in total. The average Bonchev–Trinajstić information content (AvgIpc) is 2.72. The predicted molar refractivity (Wildman–Crippen MR) is 115 cm³/mol. The molecule has 0 aliphatic carbocycles. The van der Waals surface area contributed by atoms with Gasteiger partial charge in [0.15, 0.2) is 0 Å². The molecule has 29 heavy (non-hydrogen) atoms. The SMILES string of the molecule is CC(=O)Nc1cccc(Nc2ccc(C(=O)NCCCc3ccccc3)cn2)c1. The number of carbonyl (C=O) groups excluding carboxylic acids is 2. The molecule has 6 heteroatoms. The first kappa shape index (κ1) is 20.1. The minimum Gasteiger partial charge on any atom is -0.352 e. The number of carbonyl (C=O) groups is 2. The summed E-state index contributed by atoms with van der Waals surface area (Å²) in [5.41, 5.74) is 3.28. The Bertz CT molecular complexity index is 956. The largest absolute Gasteiger partial charge is 0.352 e. The lowest BCUT2D eigenvalue weighted by Crippen LogP contribution is -2.24. The maximum Gasteiger partial charge on any atom is 0.252 e. The summed E-state index contributed by atoms with van der Waals surface area (Å²) in [6.07, 6.45) is 3.36. The van der Waals surface area contributed by atoms with Gasteiger partial charge < -0.3 is 16.0 Å². The van der Waals surface area contributed by atoms with Crippen molar-refractivity contribution in [2.45, 2.75) is 19.8 Å². The molecule has 0 aliphatic heterocycles. The standard InChI is InChI=1S/C23H24N4O2/c1-17(28)26-20-10-5-11-21(15-20)27-22-13-12-19(16-25-22)23(29)24-14-6-9-18-7-3-2-4-8-18/h2-5,7-8,10-13,15-16H,6,9,14H2,1H3,(H,24,29)(H,25,27)(H,26,28). The molecule has 3 rings (SSSR count). The second-order valence-electron chi connectivity index (χ2n) is 6.66. The van der Waals surface area contributed by atoms with Crippen LogP contribution in [-0.4, -0.2) is 23.3 Å². The summed E-state index contributed by atoms with van der Waals surface area (Å²) in [5, 5.41) is 8.82. The monoisotopic (exact) mass is 388 g/mol. The molecule has 0 aliphatic rings. The van der Waals surface area contributed by atoms with E-state index in [1.165, 1.54) is 12.5 Å². The van der Waals surface area contributed by atoms with Gasteiger partial charge in [-0.3, -0.25) is 9.59 Å². The van der Waals surface area contributed by atoms with Gasteiger partial charge in [0.25, 0.3) is 5.91 Å². The Kier molecular flexibility index (Phi) is 6.95. The molecule has 1 heterocycles. The molecule has 0 spiro atoms. The molecule has 0 bridgehead atoms. The second kappa shape index (κ2) is 10.0. The third kappa shape index (κ3) is 6.46. The summed E-state index contributed by atoms with van der Waals surface area (Å²) < 4.78 is 0. The molecule has 0 unspecified atom stereocenters. The summed E-state index contributed by atoms with van der Waals surface area (Å²) in [4.78, 5) is 27.7. The van der Waals surface area contributed by atoms with Crippen LogP contribution in [0.2, 0.25) is 0 Å². The Balaban J connectivity index is 1.49. The van der Waals surface area contributed by atoms with E-state index in [9.17, 15) is 9.59 Å². The number of benzene rings is 2. The van der Waals surface area contributed by atoms with Gasteiger partial charge in [-0.2, -0.15) is 0 Å². The molecule has 2 aromatic carbocycles. The third-order valence-corrected chi connectivity index (χ3v) is 4.25. The van der Waals surface area contributed by atoms with E-state index in [-0.39, 0.29) is 11.8 Å². The molecule has 0 saturated carbocycles. The zero-order valence-corrected chi connectivity index (χ0v) is 16.3. The van der Waals surface area contributed by atoms with Crippen molar-refractivity contribution in [1.29, 1.82) is 0 Å². The highest BCUT2D eigenvalue weighted by Crippen LogP contribution is 2.19. The van der Waals surface area contributed by atoms with Gasteiger partial charge in [0, 0.05) is 31.0 Å². The van der Waals surface area contributed by atoms with E-state index in [1.807, 2.05) is 42.5 Å². The van der Waals surface area contributed by atoms with Crippen molar-refractivity contribution in [2.24, 2.45) is 0 Å². The van der Waals surface area contributed by atoms with Crippen molar-refractivity contribution in [2.75, 3.05) is 17.2 Å². The molecule has 0 radical (unpaired) electrons. The van der Waals surface area contributed by atoms with E-state index >= 15 is 0 Å². The van der Waals surface area contributed by atoms with Crippen LogP contribution >= 0.6 is 0 Å². The van der Waals surface area contributed by atoms with E-state index in [0.29, 0.717) is 23.6 Å². The van der Waals surface area contributed by atoms with Crippen LogP contribution in [0, 0.1) is 0 Å². The molecule has 0 saturated heterocycles. The fourth-order valence-corrected chi connectivity index (χ4v) is 2.87. The molecule has 2 amide bonds. The van der Waals surface area contributed by atoms with Crippen molar-refractivity contribution in [3.05, 3.63) is 84.1 Å². The van der Waals surface area contributed by atoms with Crippen LogP contribution in [0.15, 0.2) is 72.9 Å². The second-order valence-corrected chi connectivity index (χ2v) is 6.66. The van der Waals surface area contributed by atoms with Gasteiger partial charge in [-0.05, 0) is 48.7 Å². The van der Waals surface area contributed by atoms with Crippen LogP contribution in [0.4, 0.5) is 17.2 Å². The zero-order valence-electron chi connectivity index (χ0n) is 16.3. The first-order valence-electron chi connectivity index (χ1n) is 9.53. The lowest BCUT2D eigenvalue weighted by atomic mass is 10.1. The Morgan fingerprint density at radius 1 is 0.931 bits per heavy atom. The fourth-order valence-electron chi connectivity index (χ4n) is 2.87. The summed E-state index contributed by atoms with van der Waals surface area (Å²) in [6.45, 7) is 2.08. The third-order valence-electron chi connectivity index (χ3n) is 4.25. The Labute approximate surface area is 170 Å². The van der Waals surface area contributed by atoms with Crippen LogP contribution in [0.5, 0.6) is 0 Å². The molecule has 3 aromatic rings. The molecular formula is C23H24N4O2. The van der Waals surface area contributed by atoms with E-state index < -0.39 is 0 Å². The van der Waals surface area contributed by atoms with Gasteiger partial charge in [0.2, 0.25) is 5.91 Å². The molecule has 148 valence electrons. The number of rotatable bonds is 8. The number of aromatic nitrogens is 1. The van der Waals surface area contributed by atoms with Gasteiger partial charge >= 0.3 is 0 Å². The van der Waals surface area contributed by atoms with Gasteiger partial charge in [-0.15, -0.1) is 0 Å². The first-order chi connectivity index (χ1) is 14.1. The lowest BCUT2D eigenvalue weighted by Gasteiger charge is -2.09. The number of amides is 2. The highest BCUT2D eigenvalue weighted by molar-refractivity contribution is 5.94. The van der Waals surface area contributed by atoms with Gasteiger partial charge in [-0.1, -0.05) is 36.4 Å². The summed E-state index contributed by atoms with van der Waals surface area (Å²) >= 11 is 0. The maximum absolute atomic E-state index is 12.3. The van der Waals surface area contributed by atoms with Crippen molar-refractivity contribution in [1.82, 2.24) is 10.3 Å². The van der Waals surface area contributed by atoms with Crippen molar-refractivity contribution < 1.29 is 9.59 Å². The first-order valence-corrected chi connectivity index (χ1v) is 9.53. The number of pyridine rings is 1. The zero-order chi connectivity index (χ0) is 20.5. The normalized spacial score (nSPS) is 10.2. The number of anilines is 3. The molecule has 0 atom stereocenters. The van der Waals surface area contributed by atoms with Crippen molar-refractivity contribution >= 4 is 29.0 Å². The van der Waals surface area contributed by atoms with Crippen molar-refractivity contribution in [3.63, 3.8) is 0 Å². The highest BCUT2D eigenvalue weighted by atomic mass is 16.2. The maximum atomic E-state index is 12.3. The highest BCUT2D eigenvalue weighted by Gasteiger charge is 2.06. The topological polar surface area (TPSA) is 83.1 Å². The number of hydrogen-bond acceptors (Lipinski definition) is 4. The smallest absolute Gasteiger partial charge is 0.252 e. The lowest BCUT2D eigenvalue weighted by molar-refractivity contribution is -0.114. The quantitative estimate of drug-likeness (QED) is 0.506.